The SMILES string of the molecule is CCCCCC/C=C\CCCCCC(=O)O[C@@H](CCCCCCCCCCC)CC(=O)C(C)C. The largest absolute Gasteiger partial charge is 0.462 e. The molecule has 0 saturated heterocycles. The molecule has 0 N–H and O–H groups in total. The van der Waals surface area contributed by atoms with Crippen molar-refractivity contribution in [2.24, 2.45) is 5.92 Å². The Morgan fingerprint density at radius 1 is 0.647 bits per heavy atom. The van der Waals surface area contributed by atoms with Gasteiger partial charge in [0, 0.05) is 18.8 Å². The van der Waals surface area contributed by atoms with Crippen LogP contribution in [0.2, 0.25) is 0 Å². The van der Waals surface area contributed by atoms with Crippen LogP contribution < -0.4 is 0 Å². The molecule has 34 heavy (non-hydrogen) atoms. The number of ether oxygens (including phenoxy) is 1. The fraction of sp³-hybridized carbons (Fsp3) is 0.871. The number of allylic oxidation sites excluding steroid dienone is 2. The highest BCUT2D eigenvalue weighted by atomic mass is 16.5. The van der Waals surface area contributed by atoms with Gasteiger partial charge in [-0.25, -0.2) is 0 Å². The fourth-order valence-electron chi connectivity index (χ4n) is 4.22. The number of hydrogen-bond donors (Lipinski definition) is 0. The predicted octanol–water partition coefficient (Wildman–Crippen LogP) is 9.91. The first-order valence-corrected chi connectivity index (χ1v) is 14.9. The summed E-state index contributed by atoms with van der Waals surface area (Å²) in [4.78, 5) is 24.6. The molecule has 1 atom stereocenters. The number of ketones is 1. The zero-order chi connectivity index (χ0) is 25.3. The fourth-order valence-corrected chi connectivity index (χ4v) is 4.22. The molecule has 0 radical (unpaired) electrons. The van der Waals surface area contributed by atoms with Gasteiger partial charge in [0.15, 0.2) is 0 Å². The van der Waals surface area contributed by atoms with Crippen molar-refractivity contribution in [1.29, 1.82) is 0 Å². The molecule has 0 fully saturated rings. The quantitative estimate of drug-likeness (QED) is 0.0744. The highest BCUT2D eigenvalue weighted by molar-refractivity contribution is 5.81. The van der Waals surface area contributed by atoms with Crippen molar-refractivity contribution in [2.75, 3.05) is 0 Å². The van der Waals surface area contributed by atoms with E-state index in [0.717, 1.165) is 38.5 Å². The maximum Gasteiger partial charge on any atom is 0.306 e. The molecule has 0 rings (SSSR count). The van der Waals surface area contributed by atoms with Gasteiger partial charge in [0.05, 0.1) is 0 Å². The Balaban J connectivity index is 4.01. The molecule has 0 aliphatic heterocycles. The molecule has 0 aromatic rings. The Bertz CT molecular complexity index is 495. The number of carbonyl (C=O) groups is 2. The Morgan fingerprint density at radius 2 is 1.12 bits per heavy atom. The zero-order valence-corrected chi connectivity index (χ0v) is 23.4. The molecule has 0 unspecified atom stereocenters. The number of unbranched alkanes of at least 4 members (excludes halogenated alkanes) is 15. The van der Waals surface area contributed by atoms with Crippen molar-refractivity contribution in [3.05, 3.63) is 12.2 Å². The van der Waals surface area contributed by atoms with E-state index in [9.17, 15) is 9.59 Å². The molecule has 3 nitrogen and oxygen atoms in total. The lowest BCUT2D eigenvalue weighted by atomic mass is 9.98. The van der Waals surface area contributed by atoms with Crippen molar-refractivity contribution in [3.8, 4) is 0 Å². The normalized spacial score (nSPS) is 12.5. The third-order valence-electron chi connectivity index (χ3n) is 6.64. The van der Waals surface area contributed by atoms with Crippen molar-refractivity contribution >= 4 is 11.8 Å². The third kappa shape index (κ3) is 22.7. The Labute approximate surface area is 212 Å². The van der Waals surface area contributed by atoms with Crippen LogP contribution in [0.15, 0.2) is 12.2 Å². The van der Waals surface area contributed by atoms with Crippen LogP contribution in [0.25, 0.3) is 0 Å². The Hall–Kier alpha value is -1.12. The van der Waals surface area contributed by atoms with E-state index in [4.69, 9.17) is 4.74 Å². The standard InChI is InChI=1S/C31H58O3/c1-5-7-9-11-13-15-16-18-20-22-24-26-31(33)34-29(27-30(32)28(3)4)25-23-21-19-17-14-12-10-8-6-2/h15-16,28-29H,5-14,17-27H2,1-4H3/b16-15-/t29-/m0/s1. The van der Waals surface area contributed by atoms with Gasteiger partial charge in [0.2, 0.25) is 0 Å². The molecule has 0 saturated carbocycles. The monoisotopic (exact) mass is 478 g/mol. The average Bonchev–Trinajstić information content (AvgIpc) is 2.81. The molecule has 3 heteroatoms. The lowest BCUT2D eigenvalue weighted by Gasteiger charge is -2.18. The van der Waals surface area contributed by atoms with Gasteiger partial charge < -0.3 is 4.74 Å². The van der Waals surface area contributed by atoms with Gasteiger partial charge in [-0.3, -0.25) is 9.59 Å². The Kier molecular flexibility index (Phi) is 24.2. The first-order chi connectivity index (χ1) is 16.5. The summed E-state index contributed by atoms with van der Waals surface area (Å²) in [7, 11) is 0. The highest BCUT2D eigenvalue weighted by Gasteiger charge is 2.19. The smallest absolute Gasteiger partial charge is 0.306 e. The summed E-state index contributed by atoms with van der Waals surface area (Å²) >= 11 is 0. The summed E-state index contributed by atoms with van der Waals surface area (Å²) < 4.78 is 5.76. The van der Waals surface area contributed by atoms with Crippen molar-refractivity contribution < 1.29 is 14.3 Å². The van der Waals surface area contributed by atoms with Crippen molar-refractivity contribution in [2.45, 2.75) is 169 Å². The van der Waals surface area contributed by atoms with Gasteiger partial charge in [-0.1, -0.05) is 117 Å². The maximum atomic E-state index is 12.4. The van der Waals surface area contributed by atoms with Crippen LogP contribution in [0.1, 0.15) is 163 Å². The first kappa shape index (κ1) is 32.9. The molecule has 0 spiro atoms. The number of Topliss-reactive ketones (excluding diaryl/α,β-unsaturated/α-hetero) is 1. The molecule has 0 bridgehead atoms. The van der Waals surface area contributed by atoms with Gasteiger partial charge in [-0.2, -0.15) is 0 Å². The molecule has 0 amide bonds. The van der Waals surface area contributed by atoms with Crippen LogP contribution in [-0.2, 0) is 14.3 Å². The van der Waals surface area contributed by atoms with Gasteiger partial charge in [-0.15, -0.1) is 0 Å². The minimum absolute atomic E-state index is 0.00372. The summed E-state index contributed by atoms with van der Waals surface area (Å²) in [5.74, 6) is 0.0863. The zero-order valence-electron chi connectivity index (χ0n) is 23.4. The third-order valence-corrected chi connectivity index (χ3v) is 6.64. The lowest BCUT2D eigenvalue weighted by molar-refractivity contribution is -0.151. The summed E-state index contributed by atoms with van der Waals surface area (Å²) in [5, 5.41) is 0. The van der Waals surface area contributed by atoms with Crippen LogP contribution in [0.3, 0.4) is 0 Å². The van der Waals surface area contributed by atoms with Gasteiger partial charge in [-0.05, 0) is 44.9 Å². The van der Waals surface area contributed by atoms with E-state index < -0.39 is 0 Å². The lowest BCUT2D eigenvalue weighted by Crippen LogP contribution is -2.23. The van der Waals surface area contributed by atoms with Crippen LogP contribution in [0, 0.1) is 5.92 Å². The molecule has 0 aliphatic rings. The summed E-state index contributed by atoms with van der Waals surface area (Å²) in [6, 6.07) is 0. The van der Waals surface area contributed by atoms with Crippen molar-refractivity contribution in [3.63, 3.8) is 0 Å². The van der Waals surface area contributed by atoms with E-state index in [1.165, 1.54) is 83.5 Å². The molecule has 0 heterocycles. The molecule has 0 aromatic heterocycles. The number of hydrogen-bond acceptors (Lipinski definition) is 3. The van der Waals surface area contributed by atoms with Gasteiger partial charge >= 0.3 is 5.97 Å². The first-order valence-electron chi connectivity index (χ1n) is 14.9. The van der Waals surface area contributed by atoms with E-state index in [-0.39, 0.29) is 23.8 Å². The average molecular weight is 479 g/mol. The van der Waals surface area contributed by atoms with Crippen LogP contribution >= 0.6 is 0 Å². The molecular formula is C31H58O3. The number of carbonyl (C=O) groups excluding carboxylic acids is 2. The summed E-state index contributed by atoms with van der Waals surface area (Å²) in [5.41, 5.74) is 0. The minimum Gasteiger partial charge on any atom is -0.462 e. The van der Waals surface area contributed by atoms with Crippen LogP contribution in [0.5, 0.6) is 0 Å². The second kappa shape index (κ2) is 25.0. The van der Waals surface area contributed by atoms with Crippen LogP contribution in [-0.4, -0.2) is 17.9 Å². The molecule has 200 valence electrons. The second-order valence-electron chi connectivity index (χ2n) is 10.5. The second-order valence-corrected chi connectivity index (χ2v) is 10.5. The van der Waals surface area contributed by atoms with E-state index in [2.05, 4.69) is 26.0 Å². The van der Waals surface area contributed by atoms with E-state index in [1.807, 2.05) is 13.8 Å². The molecule has 0 aromatic carbocycles. The topological polar surface area (TPSA) is 43.4 Å². The number of rotatable bonds is 25. The van der Waals surface area contributed by atoms with E-state index in [0.29, 0.717) is 12.8 Å². The van der Waals surface area contributed by atoms with E-state index in [1.54, 1.807) is 0 Å². The maximum absolute atomic E-state index is 12.4. The van der Waals surface area contributed by atoms with Gasteiger partial charge in [0.1, 0.15) is 11.9 Å². The minimum atomic E-state index is -0.234. The van der Waals surface area contributed by atoms with Crippen molar-refractivity contribution in [1.82, 2.24) is 0 Å². The van der Waals surface area contributed by atoms with Gasteiger partial charge in [0.25, 0.3) is 0 Å². The van der Waals surface area contributed by atoms with Crippen LogP contribution in [0.4, 0.5) is 0 Å². The predicted molar refractivity (Wildman–Crippen MR) is 147 cm³/mol. The molecule has 0 aliphatic carbocycles. The highest BCUT2D eigenvalue weighted by Crippen LogP contribution is 2.17. The summed E-state index contributed by atoms with van der Waals surface area (Å²) in [6.07, 6.45) is 28.2. The Morgan fingerprint density at radius 3 is 1.65 bits per heavy atom. The summed E-state index contributed by atoms with van der Waals surface area (Å²) in [6.45, 7) is 8.36. The van der Waals surface area contributed by atoms with E-state index >= 15 is 0 Å². The molecular weight excluding hydrogens is 420 g/mol. The number of esters is 1.